The first-order valence-corrected chi connectivity index (χ1v) is 11.9. The number of ketones is 1. The molecule has 1 saturated heterocycles. The summed E-state index contributed by atoms with van der Waals surface area (Å²) in [6.45, 7) is 3.71. The molecule has 0 spiro atoms. The van der Waals surface area contributed by atoms with Crippen LogP contribution >= 0.6 is 0 Å². The second-order valence-electron chi connectivity index (χ2n) is 9.32. The molecular formula is C28H32O10. The average molecular weight is 529 g/mol. The van der Waals surface area contributed by atoms with Crippen LogP contribution in [0.4, 0.5) is 0 Å². The molecule has 1 aliphatic heterocycles. The standard InChI is InChI=1S/C28H32O10/c1-14(2)4-10-18-16(13-21-24(32)25(33)26(34)27(38-21)28(35)36)12-20(37-3)22(23(18)31)19(30)11-7-15-5-8-17(29)9-6-15/h4-9,11-12,21,24-27,29,31-34H,10,13H2,1-3H3,(H,35,36)/b11-7+/t21-,24-,25-,26-,27+/m0/s1. The number of phenols is 2. The van der Waals surface area contributed by atoms with Crippen molar-refractivity contribution in [3.63, 3.8) is 0 Å². The van der Waals surface area contributed by atoms with E-state index in [4.69, 9.17) is 9.47 Å². The molecule has 2 aromatic rings. The van der Waals surface area contributed by atoms with Gasteiger partial charge in [0.05, 0.1) is 13.2 Å². The number of aliphatic hydroxyl groups is 3. The molecule has 0 unspecified atom stereocenters. The highest BCUT2D eigenvalue weighted by Crippen LogP contribution is 2.38. The maximum absolute atomic E-state index is 13.1. The van der Waals surface area contributed by atoms with E-state index in [0.29, 0.717) is 16.7 Å². The van der Waals surface area contributed by atoms with Gasteiger partial charge in [-0.05, 0) is 55.7 Å². The van der Waals surface area contributed by atoms with Crippen molar-refractivity contribution in [2.45, 2.75) is 57.2 Å². The van der Waals surface area contributed by atoms with Gasteiger partial charge in [-0.25, -0.2) is 4.79 Å². The Morgan fingerprint density at radius 3 is 2.26 bits per heavy atom. The summed E-state index contributed by atoms with van der Waals surface area (Å²) < 4.78 is 10.8. The predicted molar refractivity (Wildman–Crippen MR) is 137 cm³/mol. The number of carbonyl (C=O) groups excluding carboxylic acids is 1. The van der Waals surface area contributed by atoms with Crippen LogP contribution in [0, 0.1) is 0 Å². The molecule has 6 N–H and O–H groups in total. The van der Waals surface area contributed by atoms with Crippen molar-refractivity contribution in [1.82, 2.24) is 0 Å². The van der Waals surface area contributed by atoms with Gasteiger partial charge in [0.2, 0.25) is 0 Å². The quantitative estimate of drug-likeness (QED) is 0.160. The van der Waals surface area contributed by atoms with Crippen LogP contribution in [-0.2, 0) is 22.4 Å². The fraction of sp³-hybridized carbons (Fsp3) is 0.357. The highest BCUT2D eigenvalue weighted by Gasteiger charge is 2.47. The molecule has 0 saturated carbocycles. The lowest BCUT2D eigenvalue weighted by molar-refractivity contribution is -0.227. The summed E-state index contributed by atoms with van der Waals surface area (Å²) in [5.74, 6) is -2.27. The highest BCUT2D eigenvalue weighted by atomic mass is 16.6. The number of carboxylic acids is 1. The van der Waals surface area contributed by atoms with Crippen molar-refractivity contribution in [3.05, 3.63) is 70.3 Å². The van der Waals surface area contributed by atoms with Gasteiger partial charge in [0.25, 0.3) is 0 Å². The van der Waals surface area contributed by atoms with Gasteiger partial charge in [0.15, 0.2) is 11.9 Å². The van der Waals surface area contributed by atoms with Gasteiger partial charge in [-0.15, -0.1) is 0 Å². The lowest BCUT2D eigenvalue weighted by Crippen LogP contribution is -2.60. The van der Waals surface area contributed by atoms with Crippen molar-refractivity contribution < 1.29 is 49.7 Å². The van der Waals surface area contributed by atoms with E-state index in [9.17, 15) is 40.2 Å². The van der Waals surface area contributed by atoms with Crippen LogP contribution < -0.4 is 4.74 Å². The third-order valence-corrected chi connectivity index (χ3v) is 6.34. The Kier molecular flexibility index (Phi) is 9.29. The van der Waals surface area contributed by atoms with Crippen LogP contribution in [-0.4, -0.2) is 80.0 Å². The van der Waals surface area contributed by atoms with Gasteiger partial charge < -0.3 is 40.1 Å². The number of aliphatic carboxylic acids is 1. The van der Waals surface area contributed by atoms with Crippen LogP contribution in [0.1, 0.15) is 40.9 Å². The van der Waals surface area contributed by atoms with E-state index in [0.717, 1.165) is 5.57 Å². The van der Waals surface area contributed by atoms with E-state index in [1.54, 1.807) is 12.1 Å². The third-order valence-electron chi connectivity index (χ3n) is 6.34. The highest BCUT2D eigenvalue weighted by molar-refractivity contribution is 6.11. The summed E-state index contributed by atoms with van der Waals surface area (Å²) in [4.78, 5) is 24.7. The van der Waals surface area contributed by atoms with Crippen LogP contribution in [0.25, 0.3) is 6.08 Å². The summed E-state index contributed by atoms with van der Waals surface area (Å²) in [5.41, 5.74) is 2.22. The molecule has 3 rings (SSSR count). The molecule has 10 nitrogen and oxygen atoms in total. The third kappa shape index (κ3) is 6.40. The van der Waals surface area contributed by atoms with E-state index in [1.807, 2.05) is 19.9 Å². The van der Waals surface area contributed by atoms with Crippen LogP contribution in [0.15, 0.2) is 48.1 Å². The van der Waals surface area contributed by atoms with Crippen molar-refractivity contribution in [3.8, 4) is 17.2 Å². The van der Waals surface area contributed by atoms with Gasteiger partial charge in [-0.1, -0.05) is 29.9 Å². The predicted octanol–water partition coefficient (Wildman–Crippen LogP) is 1.99. The zero-order valence-corrected chi connectivity index (χ0v) is 21.2. The maximum atomic E-state index is 13.1. The number of carbonyl (C=O) groups is 2. The fourth-order valence-electron chi connectivity index (χ4n) is 4.23. The summed E-state index contributed by atoms with van der Waals surface area (Å²) >= 11 is 0. The average Bonchev–Trinajstić information content (AvgIpc) is 2.87. The molecule has 5 atom stereocenters. The SMILES string of the molecule is COc1cc(C[C@@H]2O[C@@H](C(=O)O)[C@@H](O)[C@@H](O)[C@H]2O)c(CC=C(C)C)c(O)c1C(=O)/C=C/c1ccc(O)cc1. The van der Waals surface area contributed by atoms with Crippen LogP contribution in [0.2, 0.25) is 0 Å². The molecule has 0 bridgehead atoms. The number of ether oxygens (including phenoxy) is 2. The number of phenolic OH excluding ortho intramolecular Hbond substituents is 2. The molecule has 1 fully saturated rings. The van der Waals surface area contributed by atoms with Gasteiger partial charge >= 0.3 is 5.97 Å². The number of allylic oxidation sites excluding steroid dienone is 3. The Bertz CT molecular complexity index is 1230. The second-order valence-corrected chi connectivity index (χ2v) is 9.32. The Labute approximate surface area is 219 Å². The van der Waals surface area contributed by atoms with Crippen LogP contribution in [0.3, 0.4) is 0 Å². The molecule has 38 heavy (non-hydrogen) atoms. The molecule has 10 heteroatoms. The second kappa shape index (κ2) is 12.2. The summed E-state index contributed by atoms with van der Waals surface area (Å²) in [6.07, 6.45) is -3.55. The van der Waals surface area contributed by atoms with Gasteiger partial charge in [-0.2, -0.15) is 0 Å². The van der Waals surface area contributed by atoms with Crippen molar-refractivity contribution in [2.75, 3.05) is 7.11 Å². The molecule has 0 amide bonds. The van der Waals surface area contributed by atoms with Crippen molar-refractivity contribution >= 4 is 17.8 Å². The number of rotatable bonds is 9. The lowest BCUT2D eigenvalue weighted by Gasteiger charge is -2.39. The van der Waals surface area contributed by atoms with Crippen molar-refractivity contribution in [2.24, 2.45) is 0 Å². The van der Waals surface area contributed by atoms with E-state index in [2.05, 4.69) is 0 Å². The van der Waals surface area contributed by atoms with E-state index >= 15 is 0 Å². The summed E-state index contributed by atoms with van der Waals surface area (Å²) in [5, 5.41) is 60.7. The lowest BCUT2D eigenvalue weighted by atomic mass is 9.87. The summed E-state index contributed by atoms with van der Waals surface area (Å²) in [7, 11) is 1.32. The first kappa shape index (κ1) is 28.9. The van der Waals surface area contributed by atoms with E-state index < -0.39 is 42.3 Å². The maximum Gasteiger partial charge on any atom is 0.335 e. The number of benzene rings is 2. The molecule has 0 aliphatic carbocycles. The number of aromatic hydroxyl groups is 2. The van der Waals surface area contributed by atoms with Gasteiger partial charge in [0, 0.05) is 12.0 Å². The number of aliphatic hydroxyl groups excluding tert-OH is 3. The molecular weight excluding hydrogens is 496 g/mol. The first-order chi connectivity index (χ1) is 17.9. The van der Waals surface area contributed by atoms with Gasteiger partial charge in [0.1, 0.15) is 41.1 Å². The molecule has 1 heterocycles. The normalized spacial score (nSPS) is 23.3. The smallest absolute Gasteiger partial charge is 0.335 e. The van der Waals surface area contributed by atoms with E-state index in [1.165, 1.54) is 37.5 Å². The van der Waals surface area contributed by atoms with Crippen molar-refractivity contribution in [1.29, 1.82) is 0 Å². The Balaban J connectivity index is 2.04. The fourth-order valence-corrected chi connectivity index (χ4v) is 4.23. The minimum atomic E-state index is -1.83. The molecule has 1 aliphatic rings. The number of methoxy groups -OCH3 is 1. The minimum Gasteiger partial charge on any atom is -0.508 e. The number of carboxylic acid groups (broad SMARTS) is 1. The minimum absolute atomic E-state index is 0.0412. The zero-order chi connectivity index (χ0) is 28.1. The molecule has 0 aromatic heterocycles. The first-order valence-electron chi connectivity index (χ1n) is 11.9. The Morgan fingerprint density at radius 1 is 1.03 bits per heavy atom. The number of hydrogen-bond donors (Lipinski definition) is 6. The van der Waals surface area contributed by atoms with Crippen LogP contribution in [0.5, 0.6) is 17.2 Å². The largest absolute Gasteiger partial charge is 0.508 e. The monoisotopic (exact) mass is 528 g/mol. The topological polar surface area (TPSA) is 174 Å². The number of hydrogen-bond acceptors (Lipinski definition) is 9. The molecule has 0 radical (unpaired) electrons. The Morgan fingerprint density at radius 2 is 1.68 bits per heavy atom. The summed E-state index contributed by atoms with van der Waals surface area (Å²) in [6, 6.07) is 7.68. The Hall–Kier alpha value is -3.70. The van der Waals surface area contributed by atoms with Gasteiger partial charge in [-0.3, -0.25) is 4.79 Å². The molecule has 204 valence electrons. The zero-order valence-electron chi connectivity index (χ0n) is 21.2. The van der Waals surface area contributed by atoms with E-state index in [-0.39, 0.29) is 35.7 Å². The molecule has 2 aromatic carbocycles.